The summed E-state index contributed by atoms with van der Waals surface area (Å²) >= 11 is 0. The zero-order valence-electron chi connectivity index (χ0n) is 16.3. The minimum Gasteiger partial charge on any atom is -0.387 e. The van der Waals surface area contributed by atoms with Gasteiger partial charge in [0.1, 0.15) is 0 Å². The summed E-state index contributed by atoms with van der Waals surface area (Å²) < 4.78 is 0. The molecule has 2 atom stereocenters. The molecule has 146 valence electrons. The number of nitrogens with one attached hydrogen (secondary N) is 1. The van der Waals surface area contributed by atoms with Crippen LogP contribution in [0.15, 0.2) is 54.6 Å². The molecule has 1 aliphatic heterocycles. The fourth-order valence-electron chi connectivity index (χ4n) is 4.00. The van der Waals surface area contributed by atoms with E-state index >= 15 is 0 Å². The van der Waals surface area contributed by atoms with Crippen LogP contribution in [0.25, 0.3) is 0 Å². The molecule has 0 aromatic heterocycles. The Bertz CT molecular complexity index is 666. The molecule has 4 N–H and O–H groups in total. The average Bonchev–Trinajstić information content (AvgIpc) is 2.73. The second kappa shape index (κ2) is 9.88. The molecule has 0 unspecified atom stereocenters. The molecule has 1 heterocycles. The fraction of sp³-hybridized carbons (Fsp3) is 0.478. The van der Waals surface area contributed by atoms with Crippen LogP contribution in [-0.2, 0) is 6.42 Å². The van der Waals surface area contributed by atoms with Crippen LogP contribution in [-0.4, -0.2) is 42.2 Å². The Balaban J connectivity index is 1.50. The lowest BCUT2D eigenvalue weighted by molar-refractivity contribution is 0.0373. The number of nitrogens with zero attached hydrogens (tertiary/aromatic N) is 1. The van der Waals surface area contributed by atoms with E-state index in [1.165, 1.54) is 24.8 Å². The monoisotopic (exact) mass is 367 g/mol. The molecule has 1 aliphatic rings. The van der Waals surface area contributed by atoms with Gasteiger partial charge in [0.05, 0.1) is 6.10 Å². The van der Waals surface area contributed by atoms with E-state index in [4.69, 9.17) is 5.73 Å². The summed E-state index contributed by atoms with van der Waals surface area (Å²) in [5, 5.41) is 14.1. The minimum atomic E-state index is -0.459. The van der Waals surface area contributed by atoms with E-state index in [9.17, 15) is 5.11 Å². The van der Waals surface area contributed by atoms with Crippen molar-refractivity contribution in [1.29, 1.82) is 0 Å². The Hall–Kier alpha value is -1.88. The predicted octanol–water partition coefficient (Wildman–Crippen LogP) is 3.43. The Morgan fingerprint density at radius 1 is 1.07 bits per heavy atom. The maximum Gasteiger partial charge on any atom is 0.0942 e. The van der Waals surface area contributed by atoms with Crippen molar-refractivity contribution in [3.8, 4) is 0 Å². The zero-order valence-corrected chi connectivity index (χ0v) is 16.3. The van der Waals surface area contributed by atoms with Gasteiger partial charge in [0.25, 0.3) is 0 Å². The lowest BCUT2D eigenvalue weighted by Crippen LogP contribution is -2.43. The van der Waals surface area contributed by atoms with Crippen molar-refractivity contribution in [3.63, 3.8) is 0 Å². The van der Waals surface area contributed by atoms with Gasteiger partial charge in [-0.2, -0.15) is 0 Å². The second-order valence-corrected chi connectivity index (χ2v) is 7.69. The summed E-state index contributed by atoms with van der Waals surface area (Å²) in [7, 11) is 0. The highest BCUT2D eigenvalue weighted by molar-refractivity contribution is 5.45. The predicted molar refractivity (Wildman–Crippen MR) is 113 cm³/mol. The van der Waals surface area contributed by atoms with Crippen LogP contribution in [0.1, 0.15) is 37.0 Å². The number of hydrogen-bond acceptors (Lipinski definition) is 4. The van der Waals surface area contributed by atoms with Gasteiger partial charge >= 0.3 is 0 Å². The maximum absolute atomic E-state index is 10.8. The highest BCUT2D eigenvalue weighted by atomic mass is 16.3. The number of likely N-dealkylation sites (tertiary alicyclic amines) is 1. The van der Waals surface area contributed by atoms with E-state index in [1.807, 2.05) is 24.3 Å². The lowest BCUT2D eigenvalue weighted by Gasteiger charge is -2.38. The first kappa shape index (κ1) is 19.9. The smallest absolute Gasteiger partial charge is 0.0942 e. The number of piperidine rings is 1. The quantitative estimate of drug-likeness (QED) is 0.669. The molecule has 4 heteroatoms. The van der Waals surface area contributed by atoms with E-state index in [2.05, 4.69) is 47.5 Å². The number of rotatable bonds is 8. The van der Waals surface area contributed by atoms with Crippen molar-refractivity contribution in [2.45, 2.75) is 38.3 Å². The molecule has 0 spiro atoms. The van der Waals surface area contributed by atoms with Crippen LogP contribution < -0.4 is 11.1 Å². The zero-order chi connectivity index (χ0) is 19.1. The first-order valence-electron chi connectivity index (χ1n) is 10.2. The summed E-state index contributed by atoms with van der Waals surface area (Å²) in [6, 6.07) is 19.0. The van der Waals surface area contributed by atoms with Crippen LogP contribution in [0.3, 0.4) is 0 Å². The van der Waals surface area contributed by atoms with Crippen molar-refractivity contribution in [3.05, 3.63) is 65.7 Å². The molecule has 2 aromatic carbocycles. The third-order valence-electron chi connectivity index (χ3n) is 5.77. The van der Waals surface area contributed by atoms with Crippen molar-refractivity contribution in [1.82, 2.24) is 4.90 Å². The number of benzene rings is 2. The SMILES string of the molecule is C[C@H]([C@@H](O)c1ccc(NCCN)cc1)N1CCC(Cc2ccccc2)CC1. The van der Waals surface area contributed by atoms with E-state index in [0.717, 1.165) is 36.8 Å². The third-order valence-corrected chi connectivity index (χ3v) is 5.77. The number of aliphatic hydroxyl groups excluding tert-OH is 1. The van der Waals surface area contributed by atoms with E-state index in [-0.39, 0.29) is 6.04 Å². The fourth-order valence-corrected chi connectivity index (χ4v) is 4.00. The highest BCUT2D eigenvalue weighted by Crippen LogP contribution is 2.28. The van der Waals surface area contributed by atoms with Crippen molar-refractivity contribution in [2.24, 2.45) is 11.7 Å². The van der Waals surface area contributed by atoms with Crippen LogP contribution in [0.5, 0.6) is 0 Å². The summed E-state index contributed by atoms with van der Waals surface area (Å²) in [5.74, 6) is 0.751. The number of hydrogen-bond donors (Lipinski definition) is 3. The third kappa shape index (κ3) is 5.55. The minimum absolute atomic E-state index is 0.130. The highest BCUT2D eigenvalue weighted by Gasteiger charge is 2.27. The van der Waals surface area contributed by atoms with Gasteiger partial charge in [-0.1, -0.05) is 42.5 Å². The molecule has 2 aromatic rings. The Morgan fingerprint density at radius 3 is 2.37 bits per heavy atom. The van der Waals surface area contributed by atoms with Gasteiger partial charge in [-0.15, -0.1) is 0 Å². The summed E-state index contributed by atoms with van der Waals surface area (Å²) in [5.41, 5.74) is 8.98. The van der Waals surface area contributed by atoms with Crippen LogP contribution in [0.4, 0.5) is 5.69 Å². The summed E-state index contributed by atoms with van der Waals surface area (Å²) in [6.07, 6.45) is 3.12. The van der Waals surface area contributed by atoms with E-state index in [0.29, 0.717) is 6.54 Å². The first-order chi connectivity index (χ1) is 13.2. The van der Waals surface area contributed by atoms with Gasteiger partial charge in [0, 0.05) is 24.8 Å². The number of aliphatic hydroxyl groups is 1. The maximum atomic E-state index is 10.8. The number of nitrogens with two attached hydrogens (primary N) is 1. The Labute approximate surface area is 163 Å². The van der Waals surface area contributed by atoms with Crippen LogP contribution >= 0.6 is 0 Å². The first-order valence-corrected chi connectivity index (χ1v) is 10.2. The molecule has 0 saturated carbocycles. The molecule has 0 radical (unpaired) electrons. The molecule has 0 aliphatic carbocycles. The van der Waals surface area contributed by atoms with Gasteiger partial charge in [0.15, 0.2) is 0 Å². The van der Waals surface area contributed by atoms with Gasteiger partial charge in [0.2, 0.25) is 0 Å². The largest absolute Gasteiger partial charge is 0.387 e. The van der Waals surface area contributed by atoms with Gasteiger partial charge in [-0.25, -0.2) is 0 Å². The average molecular weight is 368 g/mol. The van der Waals surface area contributed by atoms with E-state index < -0.39 is 6.10 Å². The molecular formula is C23H33N3O. The second-order valence-electron chi connectivity index (χ2n) is 7.69. The number of anilines is 1. The molecule has 0 amide bonds. The Kier molecular flexibility index (Phi) is 7.27. The molecular weight excluding hydrogens is 334 g/mol. The molecule has 1 saturated heterocycles. The van der Waals surface area contributed by atoms with Crippen molar-refractivity contribution in [2.75, 3.05) is 31.5 Å². The van der Waals surface area contributed by atoms with Crippen molar-refractivity contribution < 1.29 is 5.11 Å². The summed E-state index contributed by atoms with van der Waals surface area (Å²) in [4.78, 5) is 2.44. The standard InChI is InChI=1S/C23H33N3O/c1-18(23(27)21-7-9-22(10-8-21)25-14-13-24)26-15-11-20(12-16-26)17-19-5-3-2-4-6-19/h2-10,18,20,23,25,27H,11-17,24H2,1H3/t18-,23-/m1/s1. The van der Waals surface area contributed by atoms with E-state index in [1.54, 1.807) is 0 Å². The van der Waals surface area contributed by atoms with Gasteiger partial charge in [-0.3, -0.25) is 4.90 Å². The van der Waals surface area contributed by atoms with Gasteiger partial charge in [-0.05, 0) is 68.5 Å². The molecule has 4 nitrogen and oxygen atoms in total. The normalized spacial score (nSPS) is 18.2. The molecule has 0 bridgehead atoms. The Morgan fingerprint density at radius 2 is 1.74 bits per heavy atom. The topological polar surface area (TPSA) is 61.5 Å². The van der Waals surface area contributed by atoms with Crippen LogP contribution in [0, 0.1) is 5.92 Å². The van der Waals surface area contributed by atoms with Crippen LogP contribution in [0.2, 0.25) is 0 Å². The van der Waals surface area contributed by atoms with Gasteiger partial charge < -0.3 is 16.2 Å². The molecule has 3 rings (SSSR count). The molecule has 27 heavy (non-hydrogen) atoms. The lowest BCUT2D eigenvalue weighted by atomic mass is 9.89. The summed E-state index contributed by atoms with van der Waals surface area (Å²) in [6.45, 7) is 5.64. The molecule has 1 fully saturated rings. The van der Waals surface area contributed by atoms with Crippen molar-refractivity contribution >= 4 is 5.69 Å².